The van der Waals surface area contributed by atoms with E-state index in [0.29, 0.717) is 5.75 Å². The van der Waals surface area contributed by atoms with Gasteiger partial charge in [-0.3, -0.25) is 4.79 Å². The first-order valence-corrected chi connectivity index (χ1v) is 9.37. The average molecular weight is 351 g/mol. The molecule has 0 bridgehead atoms. The first-order chi connectivity index (χ1) is 11.4. The number of amides is 1. The van der Waals surface area contributed by atoms with E-state index in [4.69, 9.17) is 4.74 Å². The highest BCUT2D eigenvalue weighted by molar-refractivity contribution is 7.91. The van der Waals surface area contributed by atoms with Crippen molar-refractivity contribution < 1.29 is 17.9 Å². The number of carbonyl (C=O) groups is 1. The summed E-state index contributed by atoms with van der Waals surface area (Å²) in [5.74, 6) is 0.211. The summed E-state index contributed by atoms with van der Waals surface area (Å²) >= 11 is 0. The highest BCUT2D eigenvalue weighted by Gasteiger charge is 2.14. The number of aromatic nitrogens is 2. The van der Waals surface area contributed by atoms with Crippen LogP contribution in [-0.4, -0.2) is 49.3 Å². The molecule has 0 aliphatic heterocycles. The third-order valence-electron chi connectivity index (χ3n) is 3.54. The molecule has 1 heterocycles. The van der Waals surface area contributed by atoms with Gasteiger partial charge in [-0.25, -0.2) is 13.1 Å². The van der Waals surface area contributed by atoms with Crippen molar-refractivity contribution in [2.75, 3.05) is 25.2 Å². The van der Waals surface area contributed by atoms with Crippen LogP contribution in [0.4, 0.5) is 0 Å². The van der Waals surface area contributed by atoms with Crippen molar-refractivity contribution in [3.63, 3.8) is 0 Å². The first-order valence-electron chi connectivity index (χ1n) is 7.55. The number of ether oxygens (including phenoxy) is 1. The fraction of sp³-hybridized carbons (Fsp3) is 0.375. The van der Waals surface area contributed by atoms with Gasteiger partial charge >= 0.3 is 0 Å². The summed E-state index contributed by atoms with van der Waals surface area (Å²) in [4.78, 5) is 12.1. The number of nitrogens with zero attached hydrogens (tertiary/aromatic N) is 2. The van der Waals surface area contributed by atoms with E-state index in [-0.39, 0.29) is 23.7 Å². The molecule has 24 heavy (non-hydrogen) atoms. The van der Waals surface area contributed by atoms with Crippen LogP contribution in [0.5, 0.6) is 5.75 Å². The highest BCUT2D eigenvalue weighted by Crippen LogP contribution is 2.23. The number of carbonyl (C=O) groups excluding carboxylic acids is 1. The topological polar surface area (TPSA) is 90.3 Å². The van der Waals surface area contributed by atoms with Crippen LogP contribution >= 0.6 is 0 Å². The van der Waals surface area contributed by atoms with Crippen molar-refractivity contribution in [1.82, 2.24) is 15.1 Å². The van der Waals surface area contributed by atoms with Gasteiger partial charge in [0, 0.05) is 18.5 Å². The lowest BCUT2D eigenvalue weighted by molar-refractivity contribution is 0.0950. The van der Waals surface area contributed by atoms with Crippen LogP contribution in [0.1, 0.15) is 23.0 Å². The summed E-state index contributed by atoms with van der Waals surface area (Å²) in [6, 6.07) is 7.24. The molecule has 0 atom stereocenters. The zero-order valence-electron chi connectivity index (χ0n) is 13.9. The summed E-state index contributed by atoms with van der Waals surface area (Å²) in [5.41, 5.74) is 1.98. The predicted molar refractivity (Wildman–Crippen MR) is 91.5 cm³/mol. The Morgan fingerprint density at radius 2 is 2.08 bits per heavy atom. The van der Waals surface area contributed by atoms with Gasteiger partial charge in [0.15, 0.2) is 15.5 Å². The molecular weight excluding hydrogens is 330 g/mol. The molecule has 0 saturated carbocycles. The maximum absolute atomic E-state index is 12.1. The number of methoxy groups -OCH3 is 1. The lowest BCUT2D eigenvalue weighted by atomic mass is 10.2. The van der Waals surface area contributed by atoms with Gasteiger partial charge in [-0.1, -0.05) is 13.0 Å². The normalized spacial score (nSPS) is 11.3. The van der Waals surface area contributed by atoms with E-state index in [2.05, 4.69) is 10.4 Å². The molecule has 1 amide bonds. The molecule has 2 aromatic rings. The molecule has 0 aliphatic carbocycles. The second kappa shape index (κ2) is 7.48. The minimum absolute atomic E-state index is 0.0602. The van der Waals surface area contributed by atoms with E-state index >= 15 is 0 Å². The van der Waals surface area contributed by atoms with Gasteiger partial charge in [0.05, 0.1) is 12.9 Å². The molecule has 1 aromatic carbocycles. The average Bonchev–Trinajstić information content (AvgIpc) is 3.04. The van der Waals surface area contributed by atoms with Crippen LogP contribution in [0.25, 0.3) is 5.69 Å². The molecule has 7 nitrogen and oxygen atoms in total. The third kappa shape index (κ3) is 4.35. The van der Waals surface area contributed by atoms with Gasteiger partial charge in [-0.05, 0) is 30.7 Å². The summed E-state index contributed by atoms with van der Waals surface area (Å²) in [6.07, 6.45) is 1.66. The van der Waals surface area contributed by atoms with Crippen LogP contribution in [0.3, 0.4) is 0 Å². The Bertz CT molecular complexity index is 828. The highest BCUT2D eigenvalue weighted by atomic mass is 32.2. The van der Waals surface area contributed by atoms with Crippen LogP contribution in [0.15, 0.2) is 30.5 Å². The zero-order valence-corrected chi connectivity index (χ0v) is 14.8. The van der Waals surface area contributed by atoms with Gasteiger partial charge in [0.1, 0.15) is 11.4 Å². The second-order valence-corrected chi connectivity index (χ2v) is 7.79. The van der Waals surface area contributed by atoms with Crippen molar-refractivity contribution in [3.05, 3.63) is 41.7 Å². The molecule has 0 radical (unpaired) electrons. The van der Waals surface area contributed by atoms with Crippen molar-refractivity contribution in [1.29, 1.82) is 0 Å². The Kier molecular flexibility index (Phi) is 5.61. The molecular formula is C16H21N3O4S. The number of nitrogens with one attached hydrogen (secondary N) is 1. The van der Waals surface area contributed by atoms with Gasteiger partial charge in [0.25, 0.3) is 5.91 Å². The Hall–Kier alpha value is -2.35. The maximum Gasteiger partial charge on any atom is 0.271 e. The summed E-state index contributed by atoms with van der Waals surface area (Å²) in [7, 11) is -1.54. The number of hydrogen-bond acceptors (Lipinski definition) is 5. The molecule has 8 heteroatoms. The second-order valence-electron chi connectivity index (χ2n) is 5.31. The minimum atomic E-state index is -3.11. The molecule has 0 fully saturated rings. The number of benzene rings is 1. The summed E-state index contributed by atoms with van der Waals surface area (Å²) in [6.45, 7) is 3.60. The van der Waals surface area contributed by atoms with Crippen LogP contribution < -0.4 is 10.1 Å². The van der Waals surface area contributed by atoms with Crippen LogP contribution in [-0.2, 0) is 9.84 Å². The van der Waals surface area contributed by atoms with Gasteiger partial charge in [0.2, 0.25) is 0 Å². The number of rotatable bonds is 7. The van der Waals surface area contributed by atoms with E-state index in [9.17, 15) is 13.2 Å². The quantitative estimate of drug-likeness (QED) is 0.813. The molecule has 0 spiro atoms. The number of hydrogen-bond donors (Lipinski definition) is 1. The van der Waals surface area contributed by atoms with Crippen LogP contribution in [0.2, 0.25) is 0 Å². The number of sulfone groups is 1. The van der Waals surface area contributed by atoms with E-state index in [1.807, 2.05) is 25.1 Å². The molecule has 1 aromatic heterocycles. The van der Waals surface area contributed by atoms with Crippen LogP contribution in [0, 0.1) is 6.92 Å². The van der Waals surface area contributed by atoms with E-state index in [0.717, 1.165) is 11.3 Å². The zero-order chi connectivity index (χ0) is 17.7. The van der Waals surface area contributed by atoms with Crippen molar-refractivity contribution in [2.45, 2.75) is 13.8 Å². The fourth-order valence-corrected chi connectivity index (χ4v) is 2.81. The Balaban J connectivity index is 2.10. The molecule has 0 saturated heterocycles. The standard InChI is InChI=1S/C16H21N3O4S/c1-4-24(21,22)10-8-17-16(20)13-7-9-19(18-13)14-11-12(2)5-6-15(14)23-3/h5-7,9,11H,4,8,10H2,1-3H3,(H,17,20). The Morgan fingerprint density at radius 1 is 1.33 bits per heavy atom. The van der Waals surface area contributed by atoms with E-state index < -0.39 is 15.7 Å². The molecule has 130 valence electrons. The predicted octanol–water partition coefficient (Wildman–Crippen LogP) is 1.35. The number of aryl methyl sites for hydroxylation is 1. The SMILES string of the molecule is CCS(=O)(=O)CCNC(=O)c1ccn(-c2cc(C)ccc2OC)n1. The van der Waals surface area contributed by atoms with E-state index in [1.54, 1.807) is 31.0 Å². The van der Waals surface area contributed by atoms with Crippen molar-refractivity contribution in [2.24, 2.45) is 0 Å². The fourth-order valence-electron chi connectivity index (χ4n) is 2.11. The summed E-state index contributed by atoms with van der Waals surface area (Å²) < 4.78 is 29.7. The van der Waals surface area contributed by atoms with Gasteiger partial charge < -0.3 is 10.1 Å². The molecule has 0 aliphatic rings. The van der Waals surface area contributed by atoms with Crippen molar-refractivity contribution in [3.8, 4) is 11.4 Å². The van der Waals surface area contributed by atoms with Gasteiger partial charge in [-0.15, -0.1) is 0 Å². The summed E-state index contributed by atoms with van der Waals surface area (Å²) in [5, 5.41) is 6.81. The molecule has 1 N–H and O–H groups in total. The maximum atomic E-state index is 12.1. The Labute approximate surface area is 141 Å². The molecule has 2 rings (SSSR count). The lowest BCUT2D eigenvalue weighted by Crippen LogP contribution is -2.30. The van der Waals surface area contributed by atoms with Crippen molar-refractivity contribution >= 4 is 15.7 Å². The first kappa shape index (κ1) is 18.0. The largest absolute Gasteiger partial charge is 0.494 e. The van der Waals surface area contributed by atoms with Gasteiger partial charge in [-0.2, -0.15) is 5.10 Å². The smallest absolute Gasteiger partial charge is 0.271 e. The van der Waals surface area contributed by atoms with E-state index in [1.165, 1.54) is 0 Å². The minimum Gasteiger partial charge on any atom is -0.494 e. The lowest BCUT2D eigenvalue weighted by Gasteiger charge is -2.09. The third-order valence-corrected chi connectivity index (χ3v) is 5.25. The monoisotopic (exact) mass is 351 g/mol. The Morgan fingerprint density at radius 3 is 2.75 bits per heavy atom. The molecule has 0 unspecified atom stereocenters.